The molecule has 10 nitrogen and oxygen atoms in total. The van der Waals surface area contributed by atoms with Gasteiger partial charge in [0.2, 0.25) is 11.7 Å². The Morgan fingerprint density at radius 2 is 1.79 bits per heavy atom. The molecule has 1 aliphatic rings. The van der Waals surface area contributed by atoms with E-state index in [2.05, 4.69) is 20.7 Å². The van der Waals surface area contributed by atoms with Crippen molar-refractivity contribution in [2.45, 2.75) is 84.5 Å². The Morgan fingerprint density at radius 3 is 2.38 bits per heavy atom. The van der Waals surface area contributed by atoms with Crippen LogP contribution in [0.3, 0.4) is 0 Å². The number of nitrogens with one attached hydrogen (secondary N) is 1. The van der Waals surface area contributed by atoms with Crippen LogP contribution in [0.1, 0.15) is 69.8 Å². The fourth-order valence-corrected chi connectivity index (χ4v) is 4.34. The first-order valence-corrected chi connectivity index (χ1v) is 11.6. The van der Waals surface area contributed by atoms with Gasteiger partial charge in [-0.2, -0.15) is 4.80 Å². The van der Waals surface area contributed by atoms with Gasteiger partial charge in [-0.15, -0.1) is 10.2 Å². The van der Waals surface area contributed by atoms with Crippen LogP contribution in [-0.4, -0.2) is 48.5 Å². The topological polar surface area (TPSA) is 119 Å². The van der Waals surface area contributed by atoms with Crippen molar-refractivity contribution in [3.63, 3.8) is 0 Å². The fraction of sp³-hybridized carbons (Fsp3) is 0.542. The maximum absolute atomic E-state index is 13.7. The van der Waals surface area contributed by atoms with Gasteiger partial charge in [0.25, 0.3) is 5.91 Å². The van der Waals surface area contributed by atoms with E-state index < -0.39 is 11.6 Å². The van der Waals surface area contributed by atoms with Crippen LogP contribution < -0.4 is 5.32 Å². The van der Waals surface area contributed by atoms with Gasteiger partial charge in [0, 0.05) is 11.6 Å². The zero-order chi connectivity index (χ0) is 24.5. The number of furan rings is 2. The number of rotatable bonds is 7. The maximum atomic E-state index is 13.7. The molecule has 182 valence electrons. The number of hydrogen-bond donors (Lipinski definition) is 1. The summed E-state index contributed by atoms with van der Waals surface area (Å²) in [5, 5.41) is 15.4. The van der Waals surface area contributed by atoms with E-state index in [0.29, 0.717) is 23.1 Å². The second kappa shape index (κ2) is 9.44. The first-order chi connectivity index (χ1) is 16.1. The molecule has 2 amide bonds. The van der Waals surface area contributed by atoms with E-state index in [4.69, 9.17) is 8.83 Å². The van der Waals surface area contributed by atoms with Crippen LogP contribution in [0.2, 0.25) is 0 Å². The highest BCUT2D eigenvalue weighted by Crippen LogP contribution is 2.33. The highest BCUT2D eigenvalue weighted by atomic mass is 16.3. The molecule has 3 heterocycles. The summed E-state index contributed by atoms with van der Waals surface area (Å²) in [5.74, 6) is 2.09. The molecule has 3 aromatic heterocycles. The minimum Gasteiger partial charge on any atom is -0.464 e. The van der Waals surface area contributed by atoms with Gasteiger partial charge < -0.3 is 19.1 Å². The second-order valence-corrected chi connectivity index (χ2v) is 9.88. The molecule has 3 aromatic rings. The second-order valence-electron chi connectivity index (χ2n) is 9.88. The van der Waals surface area contributed by atoms with Crippen molar-refractivity contribution in [3.8, 4) is 11.6 Å². The van der Waals surface area contributed by atoms with E-state index in [1.54, 1.807) is 23.1 Å². The highest BCUT2D eigenvalue weighted by Gasteiger charge is 2.40. The standard InChI is InChI=1S/C24H32N6O4/c1-15-10-12-18(33-15)21(23(32)25-24(3,4)5)30(17-8-6-7-9-17)20(31)14-29-27-22(26-28-29)19-13-11-16(2)34-19/h10-13,17,21H,6-9,14H2,1-5H3,(H,25,32). The van der Waals surface area contributed by atoms with E-state index in [-0.39, 0.29) is 24.4 Å². The predicted octanol–water partition coefficient (Wildman–Crippen LogP) is 3.57. The van der Waals surface area contributed by atoms with Crippen LogP contribution in [0.15, 0.2) is 33.1 Å². The molecule has 0 spiro atoms. The van der Waals surface area contributed by atoms with Gasteiger partial charge in [-0.3, -0.25) is 9.59 Å². The average molecular weight is 469 g/mol. The van der Waals surface area contributed by atoms with Crippen molar-refractivity contribution >= 4 is 11.8 Å². The van der Waals surface area contributed by atoms with Gasteiger partial charge in [-0.1, -0.05) is 12.8 Å². The normalized spacial score (nSPS) is 15.4. The SMILES string of the molecule is Cc1ccc(-c2nnn(CC(=O)N(C3CCCC3)C(C(=O)NC(C)(C)C)c3ccc(C)o3)n2)o1. The number of amides is 2. The zero-order valence-electron chi connectivity index (χ0n) is 20.4. The lowest BCUT2D eigenvalue weighted by atomic mass is 10.0. The Bertz CT molecular complexity index is 1150. The summed E-state index contributed by atoms with van der Waals surface area (Å²) in [7, 11) is 0. The summed E-state index contributed by atoms with van der Waals surface area (Å²) >= 11 is 0. The Morgan fingerprint density at radius 1 is 1.12 bits per heavy atom. The lowest BCUT2D eigenvalue weighted by molar-refractivity contribution is -0.145. The van der Waals surface area contributed by atoms with E-state index in [9.17, 15) is 9.59 Å². The lowest BCUT2D eigenvalue weighted by Gasteiger charge is -2.36. The molecular formula is C24H32N6O4. The summed E-state index contributed by atoms with van der Waals surface area (Å²) in [6, 6.07) is 6.18. The van der Waals surface area contributed by atoms with Crippen molar-refractivity contribution in [2.24, 2.45) is 0 Å². The molecule has 4 rings (SSSR count). The summed E-state index contributed by atoms with van der Waals surface area (Å²) in [6.07, 6.45) is 3.66. The molecule has 0 aromatic carbocycles. The molecule has 1 aliphatic carbocycles. The first kappa shape index (κ1) is 23.7. The smallest absolute Gasteiger partial charge is 0.251 e. The molecule has 0 bridgehead atoms. The highest BCUT2D eigenvalue weighted by molar-refractivity contribution is 5.88. The molecule has 1 saturated carbocycles. The van der Waals surface area contributed by atoms with Crippen molar-refractivity contribution in [1.29, 1.82) is 0 Å². The molecule has 0 saturated heterocycles. The van der Waals surface area contributed by atoms with E-state index in [1.165, 1.54) is 4.80 Å². The van der Waals surface area contributed by atoms with Crippen LogP contribution in [0, 0.1) is 13.8 Å². The monoisotopic (exact) mass is 468 g/mol. The van der Waals surface area contributed by atoms with Crippen LogP contribution in [-0.2, 0) is 16.1 Å². The molecule has 1 N–H and O–H groups in total. The molecular weight excluding hydrogens is 436 g/mol. The van der Waals surface area contributed by atoms with Crippen LogP contribution in [0.25, 0.3) is 11.6 Å². The summed E-state index contributed by atoms with van der Waals surface area (Å²) < 4.78 is 11.4. The Labute approximate surface area is 198 Å². The fourth-order valence-electron chi connectivity index (χ4n) is 4.34. The van der Waals surface area contributed by atoms with Gasteiger partial charge in [0.15, 0.2) is 11.8 Å². The van der Waals surface area contributed by atoms with Gasteiger partial charge in [-0.05, 0) is 76.9 Å². The number of carbonyl (C=O) groups is 2. The number of nitrogens with zero attached hydrogens (tertiary/aromatic N) is 5. The van der Waals surface area contributed by atoms with Gasteiger partial charge >= 0.3 is 0 Å². The predicted molar refractivity (Wildman–Crippen MR) is 123 cm³/mol. The Kier molecular flexibility index (Phi) is 6.58. The van der Waals surface area contributed by atoms with Gasteiger partial charge in [0.1, 0.15) is 23.8 Å². The molecule has 0 radical (unpaired) electrons. The number of aryl methyl sites for hydroxylation is 2. The van der Waals surface area contributed by atoms with Crippen molar-refractivity contribution < 1.29 is 18.4 Å². The molecule has 34 heavy (non-hydrogen) atoms. The number of aromatic nitrogens is 4. The molecule has 1 atom stereocenters. The van der Waals surface area contributed by atoms with Crippen LogP contribution in [0.5, 0.6) is 0 Å². The zero-order valence-corrected chi connectivity index (χ0v) is 20.4. The largest absolute Gasteiger partial charge is 0.464 e. The summed E-state index contributed by atoms with van der Waals surface area (Å²) in [6.45, 7) is 9.23. The minimum absolute atomic E-state index is 0.0793. The van der Waals surface area contributed by atoms with Gasteiger partial charge in [-0.25, -0.2) is 0 Å². The van der Waals surface area contributed by atoms with E-state index >= 15 is 0 Å². The minimum atomic E-state index is -0.890. The quantitative estimate of drug-likeness (QED) is 0.563. The first-order valence-electron chi connectivity index (χ1n) is 11.6. The Balaban J connectivity index is 1.64. The van der Waals surface area contributed by atoms with Crippen LogP contribution in [0.4, 0.5) is 0 Å². The van der Waals surface area contributed by atoms with Crippen molar-refractivity contribution in [3.05, 3.63) is 41.5 Å². The molecule has 1 unspecified atom stereocenters. The third kappa shape index (κ3) is 5.37. The average Bonchev–Trinajstić information content (AvgIpc) is 3.52. The summed E-state index contributed by atoms with van der Waals surface area (Å²) in [5.41, 5.74) is -0.467. The summed E-state index contributed by atoms with van der Waals surface area (Å²) in [4.78, 5) is 30.1. The van der Waals surface area contributed by atoms with E-state index in [0.717, 1.165) is 31.4 Å². The molecule has 0 aliphatic heterocycles. The number of carbonyl (C=O) groups excluding carboxylic acids is 2. The van der Waals surface area contributed by atoms with Crippen molar-refractivity contribution in [2.75, 3.05) is 0 Å². The third-order valence-corrected chi connectivity index (χ3v) is 5.75. The number of tetrazole rings is 1. The molecule has 10 heteroatoms. The van der Waals surface area contributed by atoms with Gasteiger partial charge in [0.05, 0.1) is 0 Å². The number of hydrogen-bond acceptors (Lipinski definition) is 7. The lowest BCUT2D eigenvalue weighted by Crippen LogP contribution is -2.52. The maximum Gasteiger partial charge on any atom is 0.251 e. The molecule has 1 fully saturated rings. The van der Waals surface area contributed by atoms with E-state index in [1.807, 2.05) is 40.7 Å². The Hall–Kier alpha value is -3.43. The van der Waals surface area contributed by atoms with Crippen molar-refractivity contribution in [1.82, 2.24) is 30.4 Å². The van der Waals surface area contributed by atoms with Crippen LogP contribution >= 0.6 is 0 Å². The third-order valence-electron chi connectivity index (χ3n) is 5.75.